The predicted molar refractivity (Wildman–Crippen MR) is 69.7 cm³/mol. The average Bonchev–Trinajstić information content (AvgIpc) is 2.70. The first-order valence-corrected chi connectivity index (χ1v) is 7.47. The molecule has 0 amide bonds. The zero-order chi connectivity index (χ0) is 11.7. The van der Waals surface area contributed by atoms with E-state index in [2.05, 4.69) is 15.4 Å². The number of rotatable bonds is 4. The molecule has 0 bridgehead atoms. The van der Waals surface area contributed by atoms with E-state index in [0.717, 1.165) is 36.2 Å². The summed E-state index contributed by atoms with van der Waals surface area (Å²) in [6.45, 7) is 2.24. The Labute approximate surface area is 106 Å². The lowest BCUT2D eigenvalue weighted by Crippen LogP contribution is -2.43. The van der Waals surface area contributed by atoms with Gasteiger partial charge in [-0.3, -0.25) is 4.79 Å². The van der Waals surface area contributed by atoms with Crippen LogP contribution in [0.5, 0.6) is 0 Å². The van der Waals surface area contributed by atoms with E-state index in [1.54, 1.807) is 11.6 Å². The number of aromatic nitrogens is 3. The maximum absolute atomic E-state index is 11.7. The van der Waals surface area contributed by atoms with Crippen molar-refractivity contribution >= 4 is 28.1 Å². The number of hydrogen-bond donors (Lipinski definition) is 1. The minimum absolute atomic E-state index is 0.0860. The first-order valence-electron chi connectivity index (χ1n) is 5.44. The molecule has 1 aliphatic heterocycles. The van der Waals surface area contributed by atoms with Crippen molar-refractivity contribution < 1.29 is 0 Å². The SMILES string of the molecule is O=c1cc(CSCC2CNC2)nc2scnn12. The van der Waals surface area contributed by atoms with Crippen LogP contribution in [0.25, 0.3) is 4.96 Å². The van der Waals surface area contributed by atoms with E-state index < -0.39 is 0 Å². The van der Waals surface area contributed by atoms with Gasteiger partial charge in [0.15, 0.2) is 0 Å². The molecule has 0 saturated carbocycles. The highest BCUT2D eigenvalue weighted by Crippen LogP contribution is 2.16. The normalized spacial score (nSPS) is 16.2. The summed E-state index contributed by atoms with van der Waals surface area (Å²) in [5.41, 5.74) is 2.41. The van der Waals surface area contributed by atoms with Crippen LogP contribution >= 0.6 is 23.1 Å². The molecule has 1 fully saturated rings. The molecule has 3 rings (SSSR count). The fourth-order valence-electron chi connectivity index (χ4n) is 1.67. The van der Waals surface area contributed by atoms with E-state index in [-0.39, 0.29) is 5.56 Å². The highest BCUT2D eigenvalue weighted by molar-refractivity contribution is 7.98. The second-order valence-corrected chi connectivity index (χ2v) is 5.90. The lowest BCUT2D eigenvalue weighted by molar-refractivity contribution is 0.385. The standard InChI is InChI=1S/C10H12N4OS2/c15-9-1-8(5-16-4-7-2-11-3-7)13-10-14(9)12-6-17-10/h1,6-7,11H,2-5H2. The average molecular weight is 268 g/mol. The fraction of sp³-hybridized carbons (Fsp3) is 0.500. The maximum Gasteiger partial charge on any atom is 0.275 e. The molecule has 0 atom stereocenters. The zero-order valence-corrected chi connectivity index (χ0v) is 10.8. The molecular formula is C10H12N4OS2. The molecule has 0 aliphatic carbocycles. The van der Waals surface area contributed by atoms with Crippen molar-refractivity contribution in [2.45, 2.75) is 5.75 Å². The van der Waals surface area contributed by atoms with E-state index in [0.29, 0.717) is 4.96 Å². The Morgan fingerprint density at radius 3 is 3.24 bits per heavy atom. The van der Waals surface area contributed by atoms with Gasteiger partial charge in [-0.2, -0.15) is 21.4 Å². The summed E-state index contributed by atoms with van der Waals surface area (Å²) in [6, 6.07) is 1.58. The lowest BCUT2D eigenvalue weighted by Gasteiger charge is -2.26. The molecule has 90 valence electrons. The molecule has 2 aromatic rings. The van der Waals surface area contributed by atoms with E-state index in [1.807, 2.05) is 11.8 Å². The van der Waals surface area contributed by atoms with Crippen LogP contribution < -0.4 is 10.9 Å². The number of thioether (sulfide) groups is 1. The van der Waals surface area contributed by atoms with Crippen molar-refractivity contribution in [1.82, 2.24) is 19.9 Å². The number of hydrogen-bond acceptors (Lipinski definition) is 6. The summed E-state index contributed by atoms with van der Waals surface area (Å²) < 4.78 is 1.34. The van der Waals surface area contributed by atoms with Gasteiger partial charge < -0.3 is 5.32 Å². The molecule has 0 unspecified atom stereocenters. The zero-order valence-electron chi connectivity index (χ0n) is 9.13. The molecule has 3 heterocycles. The van der Waals surface area contributed by atoms with Gasteiger partial charge in [0, 0.05) is 11.8 Å². The molecule has 7 heteroatoms. The predicted octanol–water partition coefficient (Wildman–Crippen LogP) is 0.604. The minimum atomic E-state index is -0.0860. The Kier molecular flexibility index (Phi) is 3.13. The van der Waals surface area contributed by atoms with Crippen LogP contribution in [0.4, 0.5) is 0 Å². The van der Waals surface area contributed by atoms with Crippen molar-refractivity contribution in [3.8, 4) is 0 Å². The van der Waals surface area contributed by atoms with Crippen molar-refractivity contribution in [3.63, 3.8) is 0 Å². The van der Waals surface area contributed by atoms with Gasteiger partial charge in [-0.15, -0.1) is 0 Å². The summed E-state index contributed by atoms with van der Waals surface area (Å²) in [6.07, 6.45) is 0. The van der Waals surface area contributed by atoms with E-state index >= 15 is 0 Å². The first-order chi connectivity index (χ1) is 8.33. The lowest BCUT2D eigenvalue weighted by atomic mass is 10.1. The highest BCUT2D eigenvalue weighted by atomic mass is 32.2. The van der Waals surface area contributed by atoms with Gasteiger partial charge in [-0.1, -0.05) is 11.3 Å². The van der Waals surface area contributed by atoms with Crippen LogP contribution in [0, 0.1) is 5.92 Å². The van der Waals surface area contributed by atoms with E-state index in [4.69, 9.17) is 0 Å². The third-order valence-corrected chi connectivity index (χ3v) is 4.59. The third-order valence-electron chi connectivity index (χ3n) is 2.71. The first kappa shape index (κ1) is 11.2. The van der Waals surface area contributed by atoms with Gasteiger partial charge in [0.2, 0.25) is 4.96 Å². The van der Waals surface area contributed by atoms with Gasteiger partial charge in [-0.05, 0) is 24.8 Å². The van der Waals surface area contributed by atoms with Gasteiger partial charge in [-0.25, -0.2) is 4.98 Å². The molecule has 0 radical (unpaired) electrons. The highest BCUT2D eigenvalue weighted by Gasteiger charge is 2.16. The fourth-order valence-corrected chi connectivity index (χ4v) is 3.36. The van der Waals surface area contributed by atoms with Crippen LogP contribution in [0.1, 0.15) is 5.69 Å². The summed E-state index contributed by atoms with van der Waals surface area (Å²) in [5.74, 6) is 2.73. The van der Waals surface area contributed by atoms with Gasteiger partial charge in [0.1, 0.15) is 5.51 Å². The Morgan fingerprint density at radius 2 is 2.47 bits per heavy atom. The quantitative estimate of drug-likeness (QED) is 0.880. The van der Waals surface area contributed by atoms with Crippen molar-refractivity contribution in [2.75, 3.05) is 18.8 Å². The Hall–Kier alpha value is -0.920. The summed E-state index contributed by atoms with van der Waals surface area (Å²) in [5, 5.41) is 7.19. The van der Waals surface area contributed by atoms with Gasteiger partial charge >= 0.3 is 0 Å². The Bertz CT molecular complexity index is 575. The molecule has 0 aromatic carbocycles. The van der Waals surface area contributed by atoms with Crippen LogP contribution in [-0.2, 0) is 5.75 Å². The van der Waals surface area contributed by atoms with Crippen molar-refractivity contribution in [2.24, 2.45) is 5.92 Å². The largest absolute Gasteiger partial charge is 0.316 e. The van der Waals surface area contributed by atoms with E-state index in [9.17, 15) is 4.79 Å². The maximum atomic E-state index is 11.7. The number of nitrogens with one attached hydrogen (secondary N) is 1. The van der Waals surface area contributed by atoms with Crippen LogP contribution in [0.2, 0.25) is 0 Å². The molecule has 2 aromatic heterocycles. The topological polar surface area (TPSA) is 59.3 Å². The van der Waals surface area contributed by atoms with Gasteiger partial charge in [0.25, 0.3) is 5.56 Å². The summed E-state index contributed by atoms with van der Waals surface area (Å²) in [4.78, 5) is 16.8. The van der Waals surface area contributed by atoms with Crippen LogP contribution in [-0.4, -0.2) is 33.4 Å². The molecule has 17 heavy (non-hydrogen) atoms. The summed E-state index contributed by atoms with van der Waals surface area (Å²) in [7, 11) is 0. The van der Waals surface area contributed by atoms with Crippen LogP contribution in [0.3, 0.4) is 0 Å². The van der Waals surface area contributed by atoms with Crippen molar-refractivity contribution in [1.29, 1.82) is 0 Å². The second kappa shape index (κ2) is 4.75. The van der Waals surface area contributed by atoms with Crippen LogP contribution in [0.15, 0.2) is 16.4 Å². The Morgan fingerprint density at radius 1 is 1.59 bits per heavy atom. The number of fused-ring (bicyclic) bond motifs is 1. The molecule has 0 spiro atoms. The smallest absolute Gasteiger partial charge is 0.275 e. The monoisotopic (exact) mass is 268 g/mol. The Balaban J connectivity index is 1.69. The minimum Gasteiger partial charge on any atom is -0.316 e. The number of nitrogens with zero attached hydrogens (tertiary/aromatic N) is 3. The third kappa shape index (κ3) is 2.36. The molecule has 1 N–H and O–H groups in total. The molecular weight excluding hydrogens is 256 g/mol. The van der Waals surface area contributed by atoms with Crippen molar-refractivity contribution in [3.05, 3.63) is 27.6 Å². The van der Waals surface area contributed by atoms with Gasteiger partial charge in [0.05, 0.1) is 5.69 Å². The molecule has 1 aliphatic rings. The van der Waals surface area contributed by atoms with E-state index in [1.165, 1.54) is 15.9 Å². The molecule has 1 saturated heterocycles. The summed E-state index contributed by atoms with van der Waals surface area (Å²) >= 11 is 3.24. The molecule has 5 nitrogen and oxygen atoms in total. The second-order valence-electron chi connectivity index (χ2n) is 4.06.